The van der Waals surface area contributed by atoms with Crippen molar-refractivity contribution in [2.45, 2.75) is 24.6 Å². The van der Waals surface area contributed by atoms with E-state index in [1.54, 1.807) is 7.11 Å². The Morgan fingerprint density at radius 2 is 1.96 bits per heavy atom. The van der Waals surface area contributed by atoms with E-state index in [9.17, 15) is 4.79 Å². The first-order valence-electron chi connectivity index (χ1n) is 8.84. The van der Waals surface area contributed by atoms with Crippen molar-refractivity contribution in [3.05, 3.63) is 53.6 Å². The minimum Gasteiger partial charge on any atom is -0.497 e. The monoisotopic (exact) mass is 414 g/mol. The van der Waals surface area contributed by atoms with Crippen molar-refractivity contribution in [2.75, 3.05) is 23.5 Å². The summed E-state index contributed by atoms with van der Waals surface area (Å²) in [6.45, 7) is 4.08. The van der Waals surface area contributed by atoms with Gasteiger partial charge in [-0.2, -0.15) is 0 Å². The molecule has 8 heteroatoms. The van der Waals surface area contributed by atoms with Crippen LogP contribution in [0.25, 0.3) is 0 Å². The topological polar surface area (TPSA) is 76.1 Å². The lowest BCUT2D eigenvalue weighted by molar-refractivity contribution is -0.113. The second kappa shape index (κ2) is 9.57. The molecule has 28 heavy (non-hydrogen) atoms. The van der Waals surface area contributed by atoms with E-state index in [1.165, 1.54) is 23.1 Å². The summed E-state index contributed by atoms with van der Waals surface area (Å²) in [5, 5.41) is 15.2. The third-order valence-corrected chi connectivity index (χ3v) is 6.05. The molecule has 0 aliphatic rings. The van der Waals surface area contributed by atoms with E-state index in [0.29, 0.717) is 5.13 Å². The number of amides is 1. The largest absolute Gasteiger partial charge is 0.497 e. The number of rotatable bonds is 8. The maximum absolute atomic E-state index is 12.4. The standard InChI is InChI=1S/C20H22N4O2S2/c1-4-14-7-5-6-13(2)18(14)22-17(25)12-27-20-24-23-19(28-20)21-15-8-10-16(26-3)11-9-15/h5-11H,4,12H2,1-3H3,(H,21,23)(H,22,25). The number of nitrogens with one attached hydrogen (secondary N) is 2. The number of methoxy groups -OCH3 is 1. The minimum atomic E-state index is -0.0473. The highest BCUT2D eigenvalue weighted by Gasteiger charge is 2.11. The fourth-order valence-electron chi connectivity index (χ4n) is 2.62. The number of carbonyl (C=O) groups is 1. The van der Waals surface area contributed by atoms with Crippen molar-refractivity contribution in [2.24, 2.45) is 0 Å². The van der Waals surface area contributed by atoms with Gasteiger partial charge >= 0.3 is 0 Å². The molecule has 1 heterocycles. The maximum Gasteiger partial charge on any atom is 0.234 e. The normalized spacial score (nSPS) is 10.5. The SMILES string of the molecule is CCc1cccc(C)c1NC(=O)CSc1nnc(Nc2ccc(OC)cc2)s1. The Labute approximate surface area is 172 Å². The smallest absolute Gasteiger partial charge is 0.234 e. The van der Waals surface area contributed by atoms with Gasteiger partial charge in [-0.3, -0.25) is 4.79 Å². The highest BCUT2D eigenvalue weighted by Crippen LogP contribution is 2.29. The van der Waals surface area contributed by atoms with Gasteiger partial charge in [0.15, 0.2) is 4.34 Å². The molecule has 3 aromatic rings. The number of nitrogens with zero attached hydrogens (tertiary/aromatic N) is 2. The molecule has 0 spiro atoms. The molecule has 0 saturated heterocycles. The van der Waals surface area contributed by atoms with Crippen molar-refractivity contribution in [3.8, 4) is 5.75 Å². The summed E-state index contributed by atoms with van der Waals surface area (Å²) in [5.41, 5.74) is 4.02. The summed E-state index contributed by atoms with van der Waals surface area (Å²) in [7, 11) is 1.63. The van der Waals surface area contributed by atoms with Crippen molar-refractivity contribution >= 4 is 45.5 Å². The Bertz CT molecular complexity index is 942. The van der Waals surface area contributed by atoms with Gasteiger partial charge in [0.25, 0.3) is 0 Å². The van der Waals surface area contributed by atoms with Gasteiger partial charge in [-0.15, -0.1) is 10.2 Å². The van der Waals surface area contributed by atoms with E-state index in [0.717, 1.165) is 39.0 Å². The highest BCUT2D eigenvalue weighted by atomic mass is 32.2. The molecule has 2 N–H and O–H groups in total. The van der Waals surface area contributed by atoms with E-state index in [1.807, 2.05) is 49.4 Å². The fraction of sp³-hybridized carbons (Fsp3) is 0.250. The van der Waals surface area contributed by atoms with Crippen molar-refractivity contribution < 1.29 is 9.53 Å². The summed E-state index contributed by atoms with van der Waals surface area (Å²) in [4.78, 5) is 12.4. The number of aromatic nitrogens is 2. The molecule has 0 saturated carbocycles. The molecule has 0 bridgehead atoms. The molecule has 0 atom stereocenters. The first-order chi connectivity index (χ1) is 13.6. The van der Waals surface area contributed by atoms with Gasteiger partial charge in [0.2, 0.25) is 11.0 Å². The van der Waals surface area contributed by atoms with Crippen LogP contribution < -0.4 is 15.4 Å². The second-order valence-corrected chi connectivity index (χ2v) is 8.23. The van der Waals surface area contributed by atoms with E-state index in [4.69, 9.17) is 4.74 Å². The first kappa shape index (κ1) is 20.2. The number of benzene rings is 2. The molecule has 1 amide bonds. The van der Waals surface area contributed by atoms with Crippen molar-refractivity contribution in [1.29, 1.82) is 0 Å². The summed E-state index contributed by atoms with van der Waals surface area (Å²) in [6, 6.07) is 13.6. The van der Waals surface area contributed by atoms with Crippen LogP contribution in [0.2, 0.25) is 0 Å². The molecule has 3 rings (SSSR count). The van der Waals surface area contributed by atoms with Gasteiger partial charge < -0.3 is 15.4 Å². The molecule has 0 unspecified atom stereocenters. The zero-order chi connectivity index (χ0) is 19.9. The number of ether oxygens (including phenoxy) is 1. The molecular weight excluding hydrogens is 392 g/mol. The lowest BCUT2D eigenvalue weighted by Gasteiger charge is -2.12. The van der Waals surface area contributed by atoms with Crippen LogP contribution in [0.3, 0.4) is 0 Å². The molecule has 0 aliphatic carbocycles. The lowest BCUT2D eigenvalue weighted by Crippen LogP contribution is -2.16. The van der Waals surface area contributed by atoms with Gasteiger partial charge in [-0.25, -0.2) is 0 Å². The molecule has 1 aromatic heterocycles. The Balaban J connectivity index is 1.54. The third-order valence-electron chi connectivity index (χ3n) is 4.08. The average molecular weight is 415 g/mol. The summed E-state index contributed by atoms with van der Waals surface area (Å²) >= 11 is 2.79. The molecule has 2 aromatic carbocycles. The molecule has 0 aliphatic heterocycles. The minimum absolute atomic E-state index is 0.0473. The van der Waals surface area contributed by atoms with Crippen LogP contribution >= 0.6 is 23.1 Å². The Hall–Kier alpha value is -2.58. The molecule has 0 fully saturated rings. The van der Waals surface area contributed by atoms with Crippen molar-refractivity contribution in [1.82, 2.24) is 10.2 Å². The van der Waals surface area contributed by atoms with E-state index >= 15 is 0 Å². The Morgan fingerprint density at radius 1 is 1.18 bits per heavy atom. The van der Waals surface area contributed by atoms with Crippen LogP contribution in [0.5, 0.6) is 5.75 Å². The quantitative estimate of drug-likeness (QED) is 0.511. The van der Waals surface area contributed by atoms with Crippen LogP contribution in [-0.4, -0.2) is 29.0 Å². The maximum atomic E-state index is 12.4. The van der Waals surface area contributed by atoms with Crippen LogP contribution in [-0.2, 0) is 11.2 Å². The summed E-state index contributed by atoms with van der Waals surface area (Å²) in [6.07, 6.45) is 0.876. The summed E-state index contributed by atoms with van der Waals surface area (Å²) < 4.78 is 5.89. The number of aryl methyl sites for hydroxylation is 2. The van der Waals surface area contributed by atoms with Gasteiger partial charge in [0.1, 0.15) is 5.75 Å². The zero-order valence-corrected chi connectivity index (χ0v) is 17.6. The van der Waals surface area contributed by atoms with Gasteiger partial charge in [-0.05, 0) is 48.7 Å². The third kappa shape index (κ3) is 5.24. The number of thioether (sulfide) groups is 1. The Morgan fingerprint density at radius 3 is 2.68 bits per heavy atom. The van der Waals surface area contributed by atoms with Gasteiger partial charge in [0, 0.05) is 11.4 Å². The number of para-hydroxylation sites is 1. The first-order valence-corrected chi connectivity index (χ1v) is 10.6. The predicted molar refractivity (Wildman–Crippen MR) is 116 cm³/mol. The average Bonchev–Trinajstić information content (AvgIpc) is 3.16. The van der Waals surface area contributed by atoms with E-state index < -0.39 is 0 Å². The predicted octanol–water partition coefficient (Wildman–Crippen LogP) is 4.89. The zero-order valence-electron chi connectivity index (χ0n) is 16.0. The van der Waals surface area contributed by atoms with Gasteiger partial charge in [0.05, 0.1) is 12.9 Å². The molecular formula is C20H22N4O2S2. The number of hydrogen-bond donors (Lipinski definition) is 2. The highest BCUT2D eigenvalue weighted by molar-refractivity contribution is 8.01. The fourth-order valence-corrected chi connectivity index (χ4v) is 4.19. The second-order valence-electron chi connectivity index (χ2n) is 6.03. The van der Waals surface area contributed by atoms with Crippen LogP contribution in [0.15, 0.2) is 46.8 Å². The van der Waals surface area contributed by atoms with Crippen LogP contribution in [0.4, 0.5) is 16.5 Å². The van der Waals surface area contributed by atoms with Crippen molar-refractivity contribution in [3.63, 3.8) is 0 Å². The Kier molecular flexibility index (Phi) is 6.89. The van der Waals surface area contributed by atoms with Crippen LogP contribution in [0.1, 0.15) is 18.1 Å². The lowest BCUT2D eigenvalue weighted by atomic mass is 10.1. The number of anilines is 3. The number of hydrogen-bond acceptors (Lipinski definition) is 7. The van der Waals surface area contributed by atoms with E-state index in [-0.39, 0.29) is 11.7 Å². The molecule has 6 nitrogen and oxygen atoms in total. The number of carbonyl (C=O) groups excluding carboxylic acids is 1. The molecule has 0 radical (unpaired) electrons. The van der Waals surface area contributed by atoms with Crippen LogP contribution in [0, 0.1) is 6.92 Å². The van der Waals surface area contributed by atoms with Gasteiger partial charge in [-0.1, -0.05) is 48.2 Å². The summed E-state index contributed by atoms with van der Waals surface area (Å²) in [5.74, 6) is 1.04. The molecule has 146 valence electrons. The van der Waals surface area contributed by atoms with E-state index in [2.05, 4.69) is 27.8 Å².